The maximum Gasteiger partial charge on any atom is 0.211 e. The maximum atomic E-state index is 13.3. The lowest BCUT2D eigenvalue weighted by Crippen LogP contribution is -2.08. The molecule has 0 aliphatic rings. The van der Waals surface area contributed by atoms with E-state index < -0.39 is 0 Å². The summed E-state index contributed by atoms with van der Waals surface area (Å²) in [5.74, 6) is 2.05. The van der Waals surface area contributed by atoms with Crippen LogP contribution in [0.1, 0.15) is 5.56 Å². The molecular formula is C26H24O7. The van der Waals surface area contributed by atoms with Crippen LogP contribution in [0.5, 0.6) is 28.7 Å². The smallest absolute Gasteiger partial charge is 0.211 e. The van der Waals surface area contributed by atoms with E-state index in [0.29, 0.717) is 17.1 Å². The minimum absolute atomic E-state index is 0.205. The van der Waals surface area contributed by atoms with Crippen LogP contribution in [0.25, 0.3) is 22.3 Å². The van der Waals surface area contributed by atoms with Crippen molar-refractivity contribution in [2.24, 2.45) is 0 Å². The molecule has 7 heteroatoms. The van der Waals surface area contributed by atoms with Gasteiger partial charge in [-0.2, -0.15) is 0 Å². The lowest BCUT2D eigenvalue weighted by Gasteiger charge is -2.19. The molecule has 0 saturated heterocycles. The molecule has 4 rings (SSSR count). The zero-order valence-electron chi connectivity index (χ0n) is 18.8. The summed E-state index contributed by atoms with van der Waals surface area (Å²) in [5.41, 5.74) is 1.54. The second-order valence-electron chi connectivity index (χ2n) is 7.11. The Bertz CT molecular complexity index is 1310. The fourth-order valence-electron chi connectivity index (χ4n) is 3.61. The van der Waals surface area contributed by atoms with Crippen LogP contribution in [0.4, 0.5) is 0 Å². The van der Waals surface area contributed by atoms with Gasteiger partial charge in [0, 0.05) is 11.6 Å². The first-order valence-electron chi connectivity index (χ1n) is 10.2. The van der Waals surface area contributed by atoms with E-state index in [9.17, 15) is 4.79 Å². The highest BCUT2D eigenvalue weighted by Crippen LogP contribution is 2.50. The largest absolute Gasteiger partial charge is 0.497 e. The van der Waals surface area contributed by atoms with Gasteiger partial charge in [0.1, 0.15) is 23.5 Å². The predicted molar refractivity (Wildman–Crippen MR) is 125 cm³/mol. The molecule has 7 nitrogen and oxygen atoms in total. The minimum Gasteiger partial charge on any atom is -0.497 e. The Balaban J connectivity index is 1.94. The van der Waals surface area contributed by atoms with Gasteiger partial charge in [-0.3, -0.25) is 4.79 Å². The van der Waals surface area contributed by atoms with Gasteiger partial charge in [-0.05, 0) is 29.8 Å². The SMILES string of the molecule is COc1ccc(-c2cc(=O)c3c(OCc4ccccc4)c(OC)c(OC)c(OC)c3o2)cc1. The van der Waals surface area contributed by atoms with E-state index >= 15 is 0 Å². The molecule has 0 bridgehead atoms. The average molecular weight is 448 g/mol. The van der Waals surface area contributed by atoms with Gasteiger partial charge in [0.15, 0.2) is 16.8 Å². The summed E-state index contributed by atoms with van der Waals surface area (Å²) in [6.07, 6.45) is 0. The molecule has 0 unspecified atom stereocenters. The molecule has 0 atom stereocenters. The number of methoxy groups -OCH3 is 4. The monoisotopic (exact) mass is 448 g/mol. The zero-order valence-corrected chi connectivity index (χ0v) is 18.8. The van der Waals surface area contributed by atoms with E-state index in [1.165, 1.54) is 27.4 Å². The maximum absolute atomic E-state index is 13.3. The highest BCUT2D eigenvalue weighted by molar-refractivity contribution is 5.95. The molecule has 0 saturated carbocycles. The molecule has 0 aliphatic heterocycles. The molecule has 1 heterocycles. The Morgan fingerprint density at radius 1 is 0.727 bits per heavy atom. The fourth-order valence-corrected chi connectivity index (χ4v) is 3.61. The lowest BCUT2D eigenvalue weighted by molar-refractivity contribution is 0.272. The summed E-state index contributed by atoms with van der Waals surface area (Å²) in [4.78, 5) is 13.3. The molecule has 33 heavy (non-hydrogen) atoms. The molecule has 0 aliphatic carbocycles. The number of ether oxygens (including phenoxy) is 5. The van der Waals surface area contributed by atoms with E-state index in [1.54, 1.807) is 19.2 Å². The summed E-state index contributed by atoms with van der Waals surface area (Å²) in [6, 6.07) is 18.2. The number of hydrogen-bond acceptors (Lipinski definition) is 7. The standard InChI is InChI=1S/C26H24O7/c1-28-18-12-10-17(11-13-18)20-14-19(27)21-22(32-15-16-8-6-5-7-9-16)24(29-2)26(31-4)25(30-3)23(21)33-20/h5-14H,15H2,1-4H3. The Kier molecular flexibility index (Phi) is 6.40. The molecule has 1 aromatic heterocycles. The number of hydrogen-bond donors (Lipinski definition) is 0. The van der Waals surface area contributed by atoms with Crippen LogP contribution in [0.15, 0.2) is 69.9 Å². The first kappa shape index (κ1) is 22.1. The third kappa shape index (κ3) is 4.17. The van der Waals surface area contributed by atoms with Crippen LogP contribution < -0.4 is 29.1 Å². The molecule has 0 spiro atoms. The van der Waals surface area contributed by atoms with Gasteiger partial charge >= 0.3 is 0 Å². The van der Waals surface area contributed by atoms with Gasteiger partial charge in [-0.1, -0.05) is 30.3 Å². The normalized spacial score (nSPS) is 10.7. The average Bonchev–Trinajstić information content (AvgIpc) is 2.86. The molecule has 0 fully saturated rings. The summed E-state index contributed by atoms with van der Waals surface area (Å²) in [6.45, 7) is 0.224. The van der Waals surface area contributed by atoms with Crippen molar-refractivity contribution in [2.45, 2.75) is 6.61 Å². The number of benzene rings is 3. The van der Waals surface area contributed by atoms with Gasteiger partial charge in [0.25, 0.3) is 0 Å². The van der Waals surface area contributed by atoms with E-state index in [2.05, 4.69) is 0 Å². The number of fused-ring (bicyclic) bond motifs is 1. The molecule has 4 aromatic rings. The second kappa shape index (κ2) is 9.56. The summed E-state index contributed by atoms with van der Waals surface area (Å²) in [5, 5.41) is 0.206. The van der Waals surface area contributed by atoms with Crippen LogP contribution in [-0.4, -0.2) is 28.4 Å². The van der Waals surface area contributed by atoms with Crippen molar-refractivity contribution < 1.29 is 28.1 Å². The quantitative estimate of drug-likeness (QED) is 0.372. The molecular weight excluding hydrogens is 424 g/mol. The minimum atomic E-state index is -0.301. The van der Waals surface area contributed by atoms with E-state index in [4.69, 9.17) is 28.1 Å². The fraction of sp³-hybridized carbons (Fsp3) is 0.192. The van der Waals surface area contributed by atoms with Gasteiger partial charge in [-0.25, -0.2) is 0 Å². The number of rotatable bonds is 8. The van der Waals surface area contributed by atoms with Crippen molar-refractivity contribution >= 4 is 11.0 Å². The van der Waals surface area contributed by atoms with Crippen molar-refractivity contribution in [1.82, 2.24) is 0 Å². The Hall–Kier alpha value is -4.13. The zero-order chi connectivity index (χ0) is 23.4. The molecule has 0 radical (unpaired) electrons. The highest BCUT2D eigenvalue weighted by atomic mass is 16.5. The van der Waals surface area contributed by atoms with Crippen molar-refractivity contribution in [3.8, 4) is 40.1 Å². The van der Waals surface area contributed by atoms with Gasteiger partial charge in [0.05, 0.1) is 28.4 Å². The predicted octanol–water partition coefficient (Wildman–Crippen LogP) is 5.07. The van der Waals surface area contributed by atoms with Crippen molar-refractivity contribution in [1.29, 1.82) is 0 Å². The Labute approximate surface area is 191 Å². The Morgan fingerprint density at radius 2 is 1.36 bits per heavy atom. The first-order chi connectivity index (χ1) is 16.1. The molecule has 3 aromatic carbocycles. The first-order valence-corrected chi connectivity index (χ1v) is 10.2. The summed E-state index contributed by atoms with van der Waals surface area (Å²) in [7, 11) is 6.03. The molecule has 0 amide bonds. The molecule has 170 valence electrons. The van der Waals surface area contributed by atoms with Crippen molar-refractivity contribution in [2.75, 3.05) is 28.4 Å². The highest BCUT2D eigenvalue weighted by Gasteiger charge is 2.28. The van der Waals surface area contributed by atoms with Crippen molar-refractivity contribution in [3.63, 3.8) is 0 Å². The van der Waals surface area contributed by atoms with Gasteiger partial charge in [-0.15, -0.1) is 0 Å². The second-order valence-corrected chi connectivity index (χ2v) is 7.11. The van der Waals surface area contributed by atoms with E-state index in [1.807, 2.05) is 42.5 Å². The van der Waals surface area contributed by atoms with Crippen molar-refractivity contribution in [3.05, 3.63) is 76.5 Å². The topological polar surface area (TPSA) is 76.4 Å². The third-order valence-electron chi connectivity index (χ3n) is 5.21. The van der Waals surface area contributed by atoms with Crippen LogP contribution in [0, 0.1) is 0 Å². The lowest BCUT2D eigenvalue weighted by atomic mass is 10.1. The van der Waals surface area contributed by atoms with E-state index in [0.717, 1.165) is 5.56 Å². The Morgan fingerprint density at radius 3 is 1.97 bits per heavy atom. The summed E-state index contributed by atoms with van der Waals surface area (Å²) >= 11 is 0. The van der Waals surface area contributed by atoms with E-state index in [-0.39, 0.29) is 46.0 Å². The van der Waals surface area contributed by atoms with Crippen LogP contribution in [0.2, 0.25) is 0 Å². The van der Waals surface area contributed by atoms with Gasteiger partial charge < -0.3 is 28.1 Å². The van der Waals surface area contributed by atoms with Gasteiger partial charge in [0.2, 0.25) is 17.2 Å². The van der Waals surface area contributed by atoms with Crippen LogP contribution >= 0.6 is 0 Å². The summed E-state index contributed by atoms with van der Waals surface area (Å²) < 4.78 is 34.2. The third-order valence-corrected chi connectivity index (χ3v) is 5.21. The molecule has 0 N–H and O–H groups in total. The van der Waals surface area contributed by atoms with Crippen LogP contribution in [-0.2, 0) is 6.61 Å². The van der Waals surface area contributed by atoms with Crippen LogP contribution in [0.3, 0.4) is 0 Å².